The van der Waals surface area contributed by atoms with Crippen LogP contribution >= 0.6 is 0 Å². The Morgan fingerprint density at radius 2 is 2.19 bits per heavy atom. The molecule has 1 aromatic heterocycles. The molecule has 1 aromatic rings. The van der Waals surface area contributed by atoms with Gasteiger partial charge in [-0.2, -0.15) is 5.10 Å². The van der Waals surface area contributed by atoms with Crippen molar-refractivity contribution in [3.63, 3.8) is 0 Å². The van der Waals surface area contributed by atoms with Gasteiger partial charge >= 0.3 is 12.0 Å². The van der Waals surface area contributed by atoms with Gasteiger partial charge in [0.1, 0.15) is 0 Å². The van der Waals surface area contributed by atoms with Crippen LogP contribution in [0.25, 0.3) is 0 Å². The molecule has 2 rings (SSSR count). The molecule has 0 spiro atoms. The Bertz CT molecular complexity index is 507. The van der Waals surface area contributed by atoms with E-state index in [9.17, 15) is 9.59 Å². The fraction of sp³-hybridized carbons (Fsp3) is 0.643. The largest absolute Gasteiger partial charge is 0.481 e. The molecule has 3 N–H and O–H groups in total. The van der Waals surface area contributed by atoms with E-state index in [4.69, 9.17) is 5.11 Å². The van der Waals surface area contributed by atoms with Crippen molar-refractivity contribution in [2.24, 2.45) is 0 Å². The molecule has 2 heterocycles. The number of hydrogen-bond donors (Lipinski definition) is 3. The molecule has 1 unspecified atom stereocenters. The van der Waals surface area contributed by atoms with Crippen LogP contribution in [-0.4, -0.2) is 44.8 Å². The van der Waals surface area contributed by atoms with Crippen molar-refractivity contribution in [1.82, 2.24) is 15.1 Å². The van der Waals surface area contributed by atoms with Gasteiger partial charge < -0.3 is 15.3 Å². The first-order valence-electron chi connectivity index (χ1n) is 7.30. The van der Waals surface area contributed by atoms with Gasteiger partial charge in [-0.3, -0.25) is 9.89 Å². The Kier molecular flexibility index (Phi) is 4.82. The maximum Gasteiger partial charge on any atom is 0.322 e. The second-order valence-electron chi connectivity index (χ2n) is 5.51. The average Bonchev–Trinajstić information content (AvgIpc) is 2.77. The highest BCUT2D eigenvalue weighted by molar-refractivity contribution is 5.90. The van der Waals surface area contributed by atoms with Gasteiger partial charge in [-0.05, 0) is 39.5 Å². The van der Waals surface area contributed by atoms with Gasteiger partial charge in [-0.25, -0.2) is 4.79 Å². The van der Waals surface area contributed by atoms with Crippen molar-refractivity contribution in [2.45, 2.75) is 52.0 Å². The summed E-state index contributed by atoms with van der Waals surface area (Å²) in [6, 6.07) is -0.167. The summed E-state index contributed by atoms with van der Waals surface area (Å²) < 4.78 is 0. The van der Waals surface area contributed by atoms with Crippen molar-refractivity contribution < 1.29 is 14.7 Å². The lowest BCUT2D eigenvalue weighted by Crippen LogP contribution is -2.46. The van der Waals surface area contributed by atoms with Gasteiger partial charge in [0.15, 0.2) is 0 Å². The standard InChI is InChI=1S/C14H22N4O3/c1-9-13(10(2)17-16-9)15-14(21)18-8-4-3-5-11(18)6-7-12(19)20/h11H,3-8H2,1-2H3,(H,15,21)(H,16,17)(H,19,20). The first-order chi connectivity index (χ1) is 9.99. The minimum Gasteiger partial charge on any atom is -0.481 e. The Labute approximate surface area is 123 Å². The molecule has 1 saturated heterocycles. The van der Waals surface area contributed by atoms with E-state index in [1.807, 2.05) is 13.8 Å². The number of H-pyrrole nitrogens is 1. The first-order valence-corrected chi connectivity index (χ1v) is 7.30. The number of anilines is 1. The maximum atomic E-state index is 12.5. The van der Waals surface area contributed by atoms with Crippen LogP contribution in [0.1, 0.15) is 43.5 Å². The number of aliphatic carboxylic acids is 1. The van der Waals surface area contributed by atoms with E-state index in [-0.39, 0.29) is 18.5 Å². The second-order valence-corrected chi connectivity index (χ2v) is 5.51. The molecular weight excluding hydrogens is 272 g/mol. The zero-order chi connectivity index (χ0) is 15.4. The van der Waals surface area contributed by atoms with E-state index >= 15 is 0 Å². The summed E-state index contributed by atoms with van der Waals surface area (Å²) in [7, 11) is 0. The predicted molar refractivity (Wildman–Crippen MR) is 78.3 cm³/mol. The summed E-state index contributed by atoms with van der Waals surface area (Å²) in [6.45, 7) is 4.36. The normalized spacial score (nSPS) is 18.6. The lowest BCUT2D eigenvalue weighted by atomic mass is 9.98. The molecule has 7 nitrogen and oxygen atoms in total. The van der Waals surface area contributed by atoms with E-state index in [0.717, 1.165) is 30.7 Å². The quantitative estimate of drug-likeness (QED) is 0.793. The Balaban J connectivity index is 2.03. The van der Waals surface area contributed by atoms with Crippen LogP contribution in [0.3, 0.4) is 0 Å². The van der Waals surface area contributed by atoms with Crippen LogP contribution in [0.5, 0.6) is 0 Å². The number of carbonyl (C=O) groups excluding carboxylic acids is 1. The van der Waals surface area contributed by atoms with E-state index in [1.165, 1.54) is 0 Å². The van der Waals surface area contributed by atoms with Crippen LogP contribution < -0.4 is 5.32 Å². The maximum absolute atomic E-state index is 12.5. The zero-order valence-corrected chi connectivity index (χ0v) is 12.5. The number of aromatic amines is 1. The average molecular weight is 294 g/mol. The van der Waals surface area contributed by atoms with Crippen LogP contribution in [0.15, 0.2) is 0 Å². The Hall–Kier alpha value is -2.05. The van der Waals surface area contributed by atoms with Gasteiger partial charge in [0.05, 0.1) is 17.1 Å². The van der Waals surface area contributed by atoms with Crippen molar-refractivity contribution in [2.75, 3.05) is 11.9 Å². The highest BCUT2D eigenvalue weighted by Crippen LogP contribution is 2.23. The number of aryl methyl sites for hydroxylation is 2. The van der Waals surface area contributed by atoms with Gasteiger partial charge in [-0.15, -0.1) is 0 Å². The molecule has 0 aromatic carbocycles. The Morgan fingerprint density at radius 3 is 2.81 bits per heavy atom. The lowest BCUT2D eigenvalue weighted by molar-refractivity contribution is -0.137. The molecule has 116 valence electrons. The fourth-order valence-electron chi connectivity index (χ4n) is 2.77. The highest BCUT2D eigenvalue weighted by atomic mass is 16.4. The van der Waals surface area contributed by atoms with Crippen molar-refractivity contribution in [1.29, 1.82) is 0 Å². The van der Waals surface area contributed by atoms with Crippen LogP contribution in [0.2, 0.25) is 0 Å². The Morgan fingerprint density at radius 1 is 1.43 bits per heavy atom. The molecule has 0 saturated carbocycles. The van der Waals surface area contributed by atoms with Crippen LogP contribution in [-0.2, 0) is 4.79 Å². The third-order valence-corrected chi connectivity index (χ3v) is 3.94. The number of carboxylic acid groups (broad SMARTS) is 1. The number of nitrogens with one attached hydrogen (secondary N) is 2. The molecule has 2 amide bonds. The van der Waals surface area contributed by atoms with Gasteiger partial charge in [0.2, 0.25) is 0 Å². The molecule has 7 heteroatoms. The second kappa shape index (κ2) is 6.60. The summed E-state index contributed by atoms with van der Waals surface area (Å²) in [5.41, 5.74) is 2.28. The van der Waals surface area contributed by atoms with Crippen molar-refractivity contribution in [3.8, 4) is 0 Å². The summed E-state index contributed by atoms with van der Waals surface area (Å²) in [6.07, 6.45) is 3.46. The molecule has 0 bridgehead atoms. The summed E-state index contributed by atoms with van der Waals surface area (Å²) >= 11 is 0. The predicted octanol–water partition coefficient (Wildman–Crippen LogP) is 2.28. The SMILES string of the molecule is Cc1n[nH]c(C)c1NC(=O)N1CCCCC1CCC(=O)O. The number of aromatic nitrogens is 2. The van der Waals surface area contributed by atoms with Crippen molar-refractivity contribution >= 4 is 17.7 Å². The zero-order valence-electron chi connectivity index (χ0n) is 12.5. The topological polar surface area (TPSA) is 98.3 Å². The molecule has 0 radical (unpaired) electrons. The fourth-order valence-corrected chi connectivity index (χ4v) is 2.77. The number of urea groups is 1. The number of nitrogens with zero attached hydrogens (tertiary/aromatic N) is 2. The molecule has 1 atom stereocenters. The molecule has 1 aliphatic rings. The summed E-state index contributed by atoms with van der Waals surface area (Å²) in [5.74, 6) is -0.817. The number of hydrogen-bond acceptors (Lipinski definition) is 3. The van der Waals surface area contributed by atoms with E-state index in [1.54, 1.807) is 4.90 Å². The van der Waals surface area contributed by atoms with Crippen molar-refractivity contribution in [3.05, 3.63) is 11.4 Å². The monoisotopic (exact) mass is 294 g/mol. The molecule has 1 fully saturated rings. The number of piperidine rings is 1. The van der Waals surface area contributed by atoms with E-state index < -0.39 is 5.97 Å². The minimum atomic E-state index is -0.817. The summed E-state index contributed by atoms with van der Waals surface area (Å²) in [5, 5.41) is 18.6. The minimum absolute atomic E-state index is 0.00219. The summed E-state index contributed by atoms with van der Waals surface area (Å²) in [4.78, 5) is 24.9. The number of rotatable bonds is 4. The van der Waals surface area contributed by atoms with Crippen LogP contribution in [0.4, 0.5) is 10.5 Å². The molecule has 21 heavy (non-hydrogen) atoms. The third kappa shape index (κ3) is 3.74. The van der Waals surface area contributed by atoms with E-state index in [2.05, 4.69) is 15.5 Å². The number of carbonyl (C=O) groups is 2. The van der Waals surface area contributed by atoms with Crippen LogP contribution in [0, 0.1) is 13.8 Å². The first kappa shape index (κ1) is 15.3. The number of likely N-dealkylation sites (tertiary alicyclic amines) is 1. The molecule has 0 aliphatic carbocycles. The third-order valence-electron chi connectivity index (χ3n) is 3.94. The van der Waals surface area contributed by atoms with Gasteiger partial charge in [0, 0.05) is 19.0 Å². The molecular formula is C14H22N4O3. The van der Waals surface area contributed by atoms with E-state index in [0.29, 0.717) is 18.7 Å². The lowest BCUT2D eigenvalue weighted by Gasteiger charge is -2.35. The smallest absolute Gasteiger partial charge is 0.322 e. The van der Waals surface area contributed by atoms with Gasteiger partial charge in [-0.1, -0.05) is 0 Å². The molecule has 1 aliphatic heterocycles. The number of carboxylic acids is 1. The van der Waals surface area contributed by atoms with Gasteiger partial charge in [0.25, 0.3) is 0 Å². The number of amides is 2. The highest BCUT2D eigenvalue weighted by Gasteiger charge is 2.27.